The number of guanidine groups is 1. The van der Waals surface area contributed by atoms with Gasteiger partial charge in [0.05, 0.1) is 11.5 Å². The van der Waals surface area contributed by atoms with Crippen LogP contribution in [0.3, 0.4) is 0 Å². The number of hydrogen-bond acceptors (Lipinski definition) is 3. The van der Waals surface area contributed by atoms with Crippen LogP contribution in [0, 0.1) is 0 Å². The van der Waals surface area contributed by atoms with Gasteiger partial charge in [-0.15, -0.1) is 11.3 Å². The lowest BCUT2D eigenvalue weighted by Gasteiger charge is -2.37. The molecule has 0 bridgehead atoms. The van der Waals surface area contributed by atoms with Gasteiger partial charge in [0.2, 0.25) is 0 Å². The van der Waals surface area contributed by atoms with Gasteiger partial charge in [-0.2, -0.15) is 0 Å². The molecule has 4 rings (SSSR count). The number of thiophene rings is 1. The molecule has 2 N–H and O–H groups in total. The van der Waals surface area contributed by atoms with E-state index in [-0.39, 0.29) is 0 Å². The first kappa shape index (κ1) is 17.0. The molecule has 1 fully saturated rings. The SMILES string of the molecule is CCNC(=NCc1cc2ccccc2[nH]1)N1CCN(c2cccs2)CC1. The fourth-order valence-corrected chi connectivity index (χ4v) is 4.18. The molecular formula is C20H25N5S. The average Bonchev–Trinajstić information content (AvgIpc) is 3.34. The molecule has 5 nitrogen and oxygen atoms in total. The Morgan fingerprint density at radius 1 is 1.15 bits per heavy atom. The van der Waals surface area contributed by atoms with E-state index in [1.807, 2.05) is 11.3 Å². The van der Waals surface area contributed by atoms with E-state index < -0.39 is 0 Å². The van der Waals surface area contributed by atoms with Gasteiger partial charge >= 0.3 is 0 Å². The van der Waals surface area contributed by atoms with Crippen LogP contribution in [0.4, 0.5) is 5.00 Å². The highest BCUT2D eigenvalue weighted by molar-refractivity contribution is 7.14. The maximum atomic E-state index is 4.87. The normalized spacial score (nSPS) is 15.7. The van der Waals surface area contributed by atoms with Crippen molar-refractivity contribution in [1.29, 1.82) is 0 Å². The standard InChI is InChI=1S/C20H25N5S/c1-2-21-20(22-15-17-14-16-6-3-4-7-18(16)23-17)25-11-9-24(10-12-25)19-8-5-13-26-19/h3-8,13-14,23H,2,9-12,15H2,1H3,(H,21,22). The summed E-state index contributed by atoms with van der Waals surface area (Å²) in [5.74, 6) is 1.01. The number of aromatic nitrogens is 1. The Morgan fingerprint density at radius 3 is 2.73 bits per heavy atom. The smallest absolute Gasteiger partial charge is 0.194 e. The summed E-state index contributed by atoms with van der Waals surface area (Å²) in [6, 6.07) is 14.9. The minimum Gasteiger partial charge on any atom is -0.360 e. The Kier molecular flexibility index (Phi) is 5.11. The van der Waals surface area contributed by atoms with Gasteiger partial charge in [-0.1, -0.05) is 18.2 Å². The molecule has 0 saturated carbocycles. The van der Waals surface area contributed by atoms with E-state index >= 15 is 0 Å². The molecule has 136 valence electrons. The van der Waals surface area contributed by atoms with E-state index in [2.05, 4.69) is 74.9 Å². The molecule has 1 aliphatic heterocycles. The Bertz CT molecular complexity index is 826. The van der Waals surface area contributed by atoms with Crippen LogP contribution in [0.25, 0.3) is 10.9 Å². The van der Waals surface area contributed by atoms with Gasteiger partial charge in [0.1, 0.15) is 0 Å². The second-order valence-corrected chi connectivity index (χ2v) is 7.40. The molecule has 0 atom stereocenters. The number of benzene rings is 1. The van der Waals surface area contributed by atoms with Crippen LogP contribution in [-0.4, -0.2) is 48.6 Å². The molecule has 1 aromatic carbocycles. The topological polar surface area (TPSA) is 46.7 Å². The van der Waals surface area contributed by atoms with E-state index in [1.54, 1.807) is 0 Å². The maximum Gasteiger partial charge on any atom is 0.194 e. The Balaban J connectivity index is 1.42. The number of anilines is 1. The van der Waals surface area contributed by atoms with Crippen LogP contribution in [0.5, 0.6) is 0 Å². The summed E-state index contributed by atoms with van der Waals surface area (Å²) in [6.07, 6.45) is 0. The summed E-state index contributed by atoms with van der Waals surface area (Å²) in [4.78, 5) is 13.2. The van der Waals surface area contributed by atoms with Gasteiger partial charge in [-0.05, 0) is 42.0 Å². The van der Waals surface area contributed by atoms with Crippen molar-refractivity contribution in [1.82, 2.24) is 15.2 Å². The van der Waals surface area contributed by atoms with Crippen molar-refractivity contribution in [2.24, 2.45) is 4.99 Å². The largest absolute Gasteiger partial charge is 0.360 e. The predicted octanol–water partition coefficient (Wildman–Crippen LogP) is 3.52. The molecule has 1 saturated heterocycles. The van der Waals surface area contributed by atoms with Crippen molar-refractivity contribution in [2.45, 2.75) is 13.5 Å². The molecule has 26 heavy (non-hydrogen) atoms. The van der Waals surface area contributed by atoms with Crippen LogP contribution < -0.4 is 10.2 Å². The van der Waals surface area contributed by atoms with Crippen molar-refractivity contribution in [2.75, 3.05) is 37.6 Å². The number of rotatable bonds is 4. The van der Waals surface area contributed by atoms with Crippen LogP contribution in [0.2, 0.25) is 0 Å². The second kappa shape index (κ2) is 7.83. The first-order valence-electron chi connectivity index (χ1n) is 9.22. The van der Waals surface area contributed by atoms with Crippen LogP contribution in [0.15, 0.2) is 52.8 Å². The zero-order chi connectivity index (χ0) is 17.8. The molecule has 0 radical (unpaired) electrons. The minimum absolute atomic E-state index is 0.669. The number of fused-ring (bicyclic) bond motifs is 1. The Labute approximate surface area is 158 Å². The molecule has 0 unspecified atom stereocenters. The first-order valence-corrected chi connectivity index (χ1v) is 10.1. The third kappa shape index (κ3) is 3.70. The van der Waals surface area contributed by atoms with Gasteiger partial charge in [-0.25, -0.2) is 4.99 Å². The van der Waals surface area contributed by atoms with Crippen molar-refractivity contribution < 1.29 is 0 Å². The molecule has 2 aromatic heterocycles. The van der Waals surface area contributed by atoms with Crippen molar-refractivity contribution in [3.05, 3.63) is 53.5 Å². The number of H-pyrrole nitrogens is 1. The zero-order valence-corrected chi connectivity index (χ0v) is 15.9. The number of piperazine rings is 1. The van der Waals surface area contributed by atoms with E-state index in [1.165, 1.54) is 15.9 Å². The lowest BCUT2D eigenvalue weighted by molar-refractivity contribution is 0.373. The summed E-state index contributed by atoms with van der Waals surface area (Å²) in [7, 11) is 0. The lowest BCUT2D eigenvalue weighted by Crippen LogP contribution is -2.52. The van der Waals surface area contributed by atoms with Crippen molar-refractivity contribution >= 4 is 33.2 Å². The van der Waals surface area contributed by atoms with Crippen molar-refractivity contribution in [3.8, 4) is 0 Å². The van der Waals surface area contributed by atoms with E-state index in [4.69, 9.17) is 4.99 Å². The molecule has 3 heterocycles. The summed E-state index contributed by atoms with van der Waals surface area (Å²) in [5, 5.41) is 8.21. The zero-order valence-electron chi connectivity index (χ0n) is 15.1. The first-order chi connectivity index (χ1) is 12.8. The van der Waals surface area contributed by atoms with E-state index in [9.17, 15) is 0 Å². The number of nitrogens with one attached hydrogen (secondary N) is 2. The maximum absolute atomic E-state index is 4.87. The van der Waals surface area contributed by atoms with Gasteiger partial charge in [0.15, 0.2) is 5.96 Å². The number of hydrogen-bond donors (Lipinski definition) is 2. The molecule has 0 aliphatic carbocycles. The van der Waals surface area contributed by atoms with E-state index in [0.29, 0.717) is 6.54 Å². The number of para-hydroxylation sites is 1. The average molecular weight is 368 g/mol. The van der Waals surface area contributed by atoms with Crippen LogP contribution in [0.1, 0.15) is 12.6 Å². The predicted molar refractivity (Wildman–Crippen MR) is 111 cm³/mol. The fraction of sp³-hybridized carbons (Fsp3) is 0.350. The summed E-state index contributed by atoms with van der Waals surface area (Å²) < 4.78 is 0. The molecule has 6 heteroatoms. The van der Waals surface area contributed by atoms with Crippen molar-refractivity contribution in [3.63, 3.8) is 0 Å². The third-order valence-corrected chi connectivity index (χ3v) is 5.65. The molecule has 0 amide bonds. The van der Waals surface area contributed by atoms with Gasteiger partial charge in [0.25, 0.3) is 0 Å². The minimum atomic E-state index is 0.669. The fourth-order valence-electron chi connectivity index (χ4n) is 3.39. The van der Waals surface area contributed by atoms with Gasteiger partial charge in [0, 0.05) is 43.9 Å². The summed E-state index contributed by atoms with van der Waals surface area (Å²) >= 11 is 1.82. The summed E-state index contributed by atoms with van der Waals surface area (Å²) in [5.41, 5.74) is 2.33. The summed E-state index contributed by atoms with van der Waals surface area (Å²) in [6.45, 7) is 7.75. The highest BCUT2D eigenvalue weighted by atomic mass is 32.1. The highest BCUT2D eigenvalue weighted by Crippen LogP contribution is 2.22. The second-order valence-electron chi connectivity index (χ2n) is 6.48. The number of nitrogens with zero attached hydrogens (tertiary/aromatic N) is 3. The third-order valence-electron chi connectivity index (χ3n) is 4.72. The highest BCUT2D eigenvalue weighted by Gasteiger charge is 2.20. The quantitative estimate of drug-likeness (QED) is 0.548. The van der Waals surface area contributed by atoms with Gasteiger partial charge in [-0.3, -0.25) is 0 Å². The van der Waals surface area contributed by atoms with Crippen LogP contribution >= 0.6 is 11.3 Å². The monoisotopic (exact) mass is 367 g/mol. The lowest BCUT2D eigenvalue weighted by atomic mass is 10.2. The molecule has 3 aromatic rings. The molecule has 1 aliphatic rings. The molecular weight excluding hydrogens is 342 g/mol. The molecule has 0 spiro atoms. The Hall–Kier alpha value is -2.47. The number of aliphatic imine (C=N–C) groups is 1. The van der Waals surface area contributed by atoms with Crippen LogP contribution in [-0.2, 0) is 6.54 Å². The van der Waals surface area contributed by atoms with E-state index in [0.717, 1.165) is 44.4 Å². The number of aromatic amines is 1. The van der Waals surface area contributed by atoms with Gasteiger partial charge < -0.3 is 20.1 Å². The Morgan fingerprint density at radius 2 is 2.00 bits per heavy atom.